The minimum absolute atomic E-state index is 0.00281. The highest BCUT2D eigenvalue weighted by Crippen LogP contribution is 2.43. The van der Waals surface area contributed by atoms with Crippen LogP contribution in [0.25, 0.3) is 0 Å². The third-order valence-corrected chi connectivity index (χ3v) is 7.05. The summed E-state index contributed by atoms with van der Waals surface area (Å²) in [5.41, 5.74) is 0. The maximum atomic E-state index is 12.2. The van der Waals surface area contributed by atoms with E-state index in [-0.39, 0.29) is 24.1 Å². The van der Waals surface area contributed by atoms with Crippen LogP contribution in [0.5, 0.6) is 0 Å². The van der Waals surface area contributed by atoms with Crippen molar-refractivity contribution in [3.05, 3.63) is 0 Å². The van der Waals surface area contributed by atoms with Gasteiger partial charge in [-0.25, -0.2) is 0 Å². The van der Waals surface area contributed by atoms with E-state index in [1.54, 1.807) is 0 Å². The van der Waals surface area contributed by atoms with Gasteiger partial charge in [0.05, 0.1) is 24.4 Å². The average molecular weight is 395 g/mol. The van der Waals surface area contributed by atoms with Gasteiger partial charge in [0.1, 0.15) is 12.2 Å². The summed E-state index contributed by atoms with van der Waals surface area (Å²) in [5.74, 6) is 0.539. The van der Waals surface area contributed by atoms with Crippen LogP contribution in [0.1, 0.15) is 78.1 Å². The number of carbonyl (C=O) groups is 2. The second-order valence-electron chi connectivity index (χ2n) is 8.97. The Hall–Kier alpha value is -1.14. The number of ether oxygens (including phenoxy) is 4. The Kier molecular flexibility index (Phi) is 6.26. The molecule has 4 aliphatic rings. The molecule has 0 N–H and O–H groups in total. The van der Waals surface area contributed by atoms with Crippen LogP contribution in [-0.4, -0.2) is 48.6 Å². The van der Waals surface area contributed by atoms with Crippen LogP contribution < -0.4 is 0 Å². The molecule has 158 valence electrons. The molecule has 0 radical (unpaired) electrons. The summed E-state index contributed by atoms with van der Waals surface area (Å²) < 4.78 is 22.6. The van der Waals surface area contributed by atoms with Gasteiger partial charge in [0.15, 0.2) is 0 Å². The lowest BCUT2D eigenvalue weighted by Gasteiger charge is -2.28. The Balaban J connectivity index is 1.10. The molecule has 6 nitrogen and oxygen atoms in total. The molecule has 8 atom stereocenters. The van der Waals surface area contributed by atoms with E-state index >= 15 is 0 Å². The van der Waals surface area contributed by atoms with Gasteiger partial charge in [-0.1, -0.05) is 13.8 Å². The summed E-state index contributed by atoms with van der Waals surface area (Å²) in [7, 11) is 0. The maximum absolute atomic E-state index is 12.2. The van der Waals surface area contributed by atoms with Crippen LogP contribution in [-0.2, 0) is 28.5 Å². The molecule has 2 aliphatic heterocycles. The molecule has 0 bridgehead atoms. The molecule has 2 heterocycles. The first-order valence-corrected chi connectivity index (χ1v) is 11.3. The SMILES string of the molecule is CCC1CC2OC2CC1OC(=O)CCCCC(=O)OC1CC2OC2CC1CC. The smallest absolute Gasteiger partial charge is 0.306 e. The lowest BCUT2D eigenvalue weighted by molar-refractivity contribution is -0.155. The van der Waals surface area contributed by atoms with Crippen molar-refractivity contribution >= 4 is 11.9 Å². The predicted molar refractivity (Wildman–Crippen MR) is 102 cm³/mol. The normalized spacial score (nSPS) is 40.8. The van der Waals surface area contributed by atoms with Gasteiger partial charge in [0.25, 0.3) is 0 Å². The fraction of sp³-hybridized carbons (Fsp3) is 0.909. The molecule has 4 fully saturated rings. The molecule has 2 saturated heterocycles. The zero-order chi connectivity index (χ0) is 19.7. The van der Waals surface area contributed by atoms with Gasteiger partial charge in [-0.15, -0.1) is 0 Å². The molecule has 2 aliphatic carbocycles. The number of rotatable bonds is 9. The van der Waals surface area contributed by atoms with E-state index in [1.807, 2.05) is 0 Å². The molecule has 0 aromatic carbocycles. The fourth-order valence-corrected chi connectivity index (χ4v) is 5.07. The fourth-order valence-electron chi connectivity index (χ4n) is 5.07. The Morgan fingerprint density at radius 2 is 1.11 bits per heavy atom. The van der Waals surface area contributed by atoms with Crippen molar-refractivity contribution in [1.29, 1.82) is 0 Å². The first kappa shape index (κ1) is 20.1. The third kappa shape index (κ3) is 4.88. The van der Waals surface area contributed by atoms with Crippen LogP contribution in [0.2, 0.25) is 0 Å². The number of esters is 2. The number of hydrogen-bond donors (Lipinski definition) is 0. The van der Waals surface area contributed by atoms with Crippen LogP contribution in [0, 0.1) is 11.8 Å². The Morgan fingerprint density at radius 1 is 0.714 bits per heavy atom. The van der Waals surface area contributed by atoms with E-state index in [4.69, 9.17) is 18.9 Å². The second kappa shape index (κ2) is 8.70. The quantitative estimate of drug-likeness (QED) is 0.338. The van der Waals surface area contributed by atoms with Gasteiger partial charge in [-0.05, 0) is 50.4 Å². The van der Waals surface area contributed by atoms with Gasteiger partial charge in [-0.3, -0.25) is 9.59 Å². The molecule has 6 heteroatoms. The lowest BCUT2D eigenvalue weighted by Crippen LogP contribution is -2.33. The molecule has 0 spiro atoms. The zero-order valence-electron chi connectivity index (χ0n) is 17.1. The number of unbranched alkanes of at least 4 members (excludes halogenated alkanes) is 1. The van der Waals surface area contributed by atoms with Crippen molar-refractivity contribution in [3.63, 3.8) is 0 Å². The minimum atomic E-state index is -0.147. The minimum Gasteiger partial charge on any atom is -0.462 e. The van der Waals surface area contributed by atoms with Gasteiger partial charge in [-0.2, -0.15) is 0 Å². The number of epoxide rings is 2. The van der Waals surface area contributed by atoms with E-state index in [0.717, 1.165) is 38.5 Å². The van der Waals surface area contributed by atoms with Gasteiger partial charge in [0.2, 0.25) is 0 Å². The Labute approximate surface area is 167 Å². The topological polar surface area (TPSA) is 77.7 Å². The van der Waals surface area contributed by atoms with Crippen LogP contribution in [0.15, 0.2) is 0 Å². The average Bonchev–Trinajstić information content (AvgIpc) is 3.58. The summed E-state index contributed by atoms with van der Waals surface area (Å²) >= 11 is 0. The number of carbonyl (C=O) groups excluding carboxylic acids is 2. The predicted octanol–water partition coefficient (Wildman–Crippen LogP) is 3.55. The Bertz CT molecular complexity index is 527. The van der Waals surface area contributed by atoms with E-state index in [2.05, 4.69) is 13.8 Å². The molecule has 8 unspecified atom stereocenters. The maximum Gasteiger partial charge on any atom is 0.306 e. The molecule has 0 aromatic heterocycles. The van der Waals surface area contributed by atoms with Crippen LogP contribution >= 0.6 is 0 Å². The molecular formula is C22H34O6. The van der Waals surface area contributed by atoms with Gasteiger partial charge in [0, 0.05) is 25.7 Å². The summed E-state index contributed by atoms with van der Waals surface area (Å²) in [5, 5.41) is 0. The van der Waals surface area contributed by atoms with Gasteiger partial charge >= 0.3 is 11.9 Å². The van der Waals surface area contributed by atoms with Crippen molar-refractivity contribution in [2.45, 2.75) is 115 Å². The van der Waals surface area contributed by atoms with E-state index < -0.39 is 0 Å². The summed E-state index contributed by atoms with van der Waals surface area (Å²) in [6.07, 6.45) is 9.21. The van der Waals surface area contributed by atoms with E-state index in [9.17, 15) is 9.59 Å². The Morgan fingerprint density at radius 3 is 1.50 bits per heavy atom. The summed E-state index contributed by atoms with van der Waals surface area (Å²) in [6.45, 7) is 4.29. The summed E-state index contributed by atoms with van der Waals surface area (Å²) in [6, 6.07) is 0. The molecular weight excluding hydrogens is 360 g/mol. The highest BCUT2D eigenvalue weighted by molar-refractivity contribution is 5.71. The highest BCUT2D eigenvalue weighted by Gasteiger charge is 2.50. The van der Waals surface area contributed by atoms with Crippen molar-refractivity contribution in [1.82, 2.24) is 0 Å². The number of hydrogen-bond acceptors (Lipinski definition) is 6. The van der Waals surface area contributed by atoms with Crippen molar-refractivity contribution in [3.8, 4) is 0 Å². The monoisotopic (exact) mass is 394 g/mol. The highest BCUT2D eigenvalue weighted by atomic mass is 16.6. The van der Waals surface area contributed by atoms with E-state index in [0.29, 0.717) is 61.9 Å². The number of fused-ring (bicyclic) bond motifs is 2. The molecule has 0 amide bonds. The molecule has 4 rings (SSSR count). The van der Waals surface area contributed by atoms with Crippen LogP contribution in [0.3, 0.4) is 0 Å². The first-order chi connectivity index (χ1) is 13.6. The molecule has 2 saturated carbocycles. The lowest BCUT2D eigenvalue weighted by atomic mass is 9.85. The summed E-state index contributed by atoms with van der Waals surface area (Å²) in [4.78, 5) is 24.4. The van der Waals surface area contributed by atoms with E-state index in [1.165, 1.54) is 0 Å². The third-order valence-electron chi connectivity index (χ3n) is 7.05. The second-order valence-corrected chi connectivity index (χ2v) is 8.97. The molecule has 28 heavy (non-hydrogen) atoms. The standard InChI is InChI=1S/C22H34O6/c1-3-13-9-17-19(25-17)11-15(13)27-21(23)7-5-6-8-22(24)28-16-12-20-18(26-20)10-14(16)4-2/h13-20H,3-12H2,1-2H3. The molecule has 0 aromatic rings. The van der Waals surface area contributed by atoms with Crippen molar-refractivity contribution < 1.29 is 28.5 Å². The van der Waals surface area contributed by atoms with Crippen molar-refractivity contribution in [2.75, 3.05) is 0 Å². The van der Waals surface area contributed by atoms with Crippen LogP contribution in [0.4, 0.5) is 0 Å². The first-order valence-electron chi connectivity index (χ1n) is 11.3. The largest absolute Gasteiger partial charge is 0.462 e. The van der Waals surface area contributed by atoms with Gasteiger partial charge < -0.3 is 18.9 Å². The zero-order valence-corrected chi connectivity index (χ0v) is 17.1. The van der Waals surface area contributed by atoms with Crippen molar-refractivity contribution in [2.24, 2.45) is 11.8 Å².